The monoisotopic (exact) mass is 452 g/mol. The summed E-state index contributed by atoms with van der Waals surface area (Å²) in [7, 11) is 3.08. The first-order chi connectivity index (χ1) is 15.9. The van der Waals surface area contributed by atoms with Crippen molar-refractivity contribution >= 4 is 17.4 Å². The molecule has 1 saturated heterocycles. The lowest BCUT2D eigenvalue weighted by molar-refractivity contribution is -0.140. The summed E-state index contributed by atoms with van der Waals surface area (Å²) in [6.45, 7) is 8.71. The van der Waals surface area contributed by atoms with Gasteiger partial charge in [-0.2, -0.15) is 0 Å². The SMILES string of the molecule is CCN(CC)CCN1C(=O)C(=O)C(=C(O)c2ccc(C)cc2)[C@H]1c1ccc(OC)c(OC)c1. The van der Waals surface area contributed by atoms with E-state index in [4.69, 9.17) is 9.47 Å². The third kappa shape index (κ3) is 4.88. The third-order valence-electron chi connectivity index (χ3n) is 6.14. The Kier molecular flexibility index (Phi) is 7.76. The van der Waals surface area contributed by atoms with Crippen LogP contribution in [0.25, 0.3) is 5.76 Å². The highest BCUT2D eigenvalue weighted by Crippen LogP contribution is 2.41. The maximum absolute atomic E-state index is 13.2. The minimum absolute atomic E-state index is 0.0793. The van der Waals surface area contributed by atoms with Crippen molar-refractivity contribution in [3.63, 3.8) is 0 Å². The average Bonchev–Trinajstić information content (AvgIpc) is 3.09. The second-order valence-corrected chi connectivity index (χ2v) is 8.00. The van der Waals surface area contributed by atoms with E-state index in [1.165, 1.54) is 7.11 Å². The van der Waals surface area contributed by atoms with Crippen LogP contribution < -0.4 is 9.47 Å². The average molecular weight is 453 g/mol. The van der Waals surface area contributed by atoms with Crippen molar-refractivity contribution in [1.29, 1.82) is 0 Å². The second kappa shape index (κ2) is 10.5. The van der Waals surface area contributed by atoms with Gasteiger partial charge in [-0.15, -0.1) is 0 Å². The summed E-state index contributed by atoms with van der Waals surface area (Å²) in [4.78, 5) is 30.0. The number of likely N-dealkylation sites (N-methyl/N-ethyl adjacent to an activating group) is 1. The third-order valence-corrected chi connectivity index (χ3v) is 6.14. The molecule has 2 aromatic rings. The van der Waals surface area contributed by atoms with Gasteiger partial charge < -0.3 is 24.4 Å². The second-order valence-electron chi connectivity index (χ2n) is 8.00. The lowest BCUT2D eigenvalue weighted by Crippen LogP contribution is -2.38. The number of ether oxygens (including phenoxy) is 2. The number of rotatable bonds is 9. The Morgan fingerprint density at radius 1 is 1.00 bits per heavy atom. The van der Waals surface area contributed by atoms with Crippen LogP contribution in [0.1, 0.15) is 36.6 Å². The highest BCUT2D eigenvalue weighted by molar-refractivity contribution is 6.46. The van der Waals surface area contributed by atoms with E-state index < -0.39 is 17.7 Å². The standard InChI is InChI=1S/C26H32N2O5/c1-6-27(7-2)14-15-28-23(19-12-13-20(32-4)21(16-19)33-5)22(25(30)26(28)31)24(29)18-10-8-17(3)9-11-18/h8-13,16,23,29H,6-7,14-15H2,1-5H3/t23-/m1/s1. The van der Waals surface area contributed by atoms with Crippen LogP contribution in [0.4, 0.5) is 0 Å². The molecular formula is C26H32N2O5. The molecule has 0 spiro atoms. The number of aliphatic hydroxyl groups is 1. The highest BCUT2D eigenvalue weighted by Gasteiger charge is 2.46. The van der Waals surface area contributed by atoms with E-state index >= 15 is 0 Å². The van der Waals surface area contributed by atoms with Gasteiger partial charge in [0.05, 0.1) is 25.8 Å². The number of amides is 1. The lowest BCUT2D eigenvalue weighted by Gasteiger charge is -2.28. The molecule has 1 fully saturated rings. The molecule has 0 radical (unpaired) electrons. The van der Waals surface area contributed by atoms with Crippen molar-refractivity contribution in [3.8, 4) is 11.5 Å². The summed E-state index contributed by atoms with van der Waals surface area (Å²) in [6.07, 6.45) is 0. The van der Waals surface area contributed by atoms with Gasteiger partial charge in [0.15, 0.2) is 11.5 Å². The number of aryl methyl sites for hydroxylation is 1. The fraction of sp³-hybridized carbons (Fsp3) is 0.385. The summed E-state index contributed by atoms with van der Waals surface area (Å²) in [5.41, 5.74) is 2.27. The number of benzene rings is 2. The highest BCUT2D eigenvalue weighted by atomic mass is 16.5. The summed E-state index contributed by atoms with van der Waals surface area (Å²) in [5, 5.41) is 11.2. The number of hydrogen-bond acceptors (Lipinski definition) is 6. The summed E-state index contributed by atoms with van der Waals surface area (Å²) in [5.74, 6) is -0.457. The summed E-state index contributed by atoms with van der Waals surface area (Å²) < 4.78 is 10.8. The van der Waals surface area contributed by atoms with Crippen LogP contribution in [0, 0.1) is 6.92 Å². The zero-order valence-corrected chi connectivity index (χ0v) is 19.9. The number of likely N-dealkylation sites (tertiary alicyclic amines) is 1. The van der Waals surface area contributed by atoms with Crippen molar-refractivity contribution < 1.29 is 24.2 Å². The van der Waals surface area contributed by atoms with Gasteiger partial charge >= 0.3 is 0 Å². The Hall–Kier alpha value is -3.32. The molecule has 1 atom stereocenters. The van der Waals surface area contributed by atoms with Gasteiger partial charge in [-0.1, -0.05) is 49.7 Å². The molecule has 176 valence electrons. The molecule has 2 aromatic carbocycles. The van der Waals surface area contributed by atoms with Crippen molar-refractivity contribution in [1.82, 2.24) is 9.80 Å². The largest absolute Gasteiger partial charge is 0.507 e. The van der Waals surface area contributed by atoms with Crippen LogP contribution >= 0.6 is 0 Å². The minimum Gasteiger partial charge on any atom is -0.507 e. The first-order valence-corrected chi connectivity index (χ1v) is 11.2. The fourth-order valence-corrected chi connectivity index (χ4v) is 4.14. The summed E-state index contributed by atoms with van der Waals surface area (Å²) in [6, 6.07) is 11.8. The number of Topliss-reactive ketones (excluding diaryl/α,β-unsaturated/α-hetero) is 1. The van der Waals surface area contributed by atoms with E-state index in [2.05, 4.69) is 18.7 Å². The van der Waals surface area contributed by atoms with Gasteiger partial charge in [-0.3, -0.25) is 9.59 Å². The van der Waals surface area contributed by atoms with E-state index in [9.17, 15) is 14.7 Å². The molecule has 1 amide bonds. The van der Waals surface area contributed by atoms with Crippen molar-refractivity contribution in [2.45, 2.75) is 26.8 Å². The zero-order valence-electron chi connectivity index (χ0n) is 19.9. The first-order valence-electron chi connectivity index (χ1n) is 11.2. The fourth-order valence-electron chi connectivity index (χ4n) is 4.14. The predicted molar refractivity (Wildman–Crippen MR) is 128 cm³/mol. The first kappa shape index (κ1) is 24.3. The number of carbonyl (C=O) groups is 2. The van der Waals surface area contributed by atoms with Crippen LogP contribution in [-0.4, -0.2) is 67.0 Å². The van der Waals surface area contributed by atoms with Crippen molar-refractivity contribution in [2.75, 3.05) is 40.4 Å². The number of carbonyl (C=O) groups excluding carboxylic acids is 2. The Morgan fingerprint density at radius 3 is 2.21 bits per heavy atom. The van der Waals surface area contributed by atoms with Crippen molar-refractivity contribution in [2.24, 2.45) is 0 Å². The van der Waals surface area contributed by atoms with Crippen LogP contribution in [-0.2, 0) is 9.59 Å². The number of nitrogens with zero attached hydrogens (tertiary/aromatic N) is 2. The molecule has 0 aliphatic carbocycles. The molecule has 1 N–H and O–H groups in total. The van der Waals surface area contributed by atoms with E-state index in [0.29, 0.717) is 35.7 Å². The van der Waals surface area contributed by atoms with Crippen LogP contribution in [0.3, 0.4) is 0 Å². The molecule has 0 bridgehead atoms. The van der Waals surface area contributed by atoms with Crippen LogP contribution in [0.2, 0.25) is 0 Å². The van der Waals surface area contributed by atoms with E-state index in [1.54, 1.807) is 42.3 Å². The number of hydrogen-bond donors (Lipinski definition) is 1. The van der Waals surface area contributed by atoms with Crippen LogP contribution in [0.5, 0.6) is 11.5 Å². The van der Waals surface area contributed by atoms with Gasteiger partial charge in [0.2, 0.25) is 0 Å². The quantitative estimate of drug-likeness (QED) is 0.354. The number of aliphatic hydroxyl groups excluding tert-OH is 1. The normalized spacial score (nSPS) is 17.6. The predicted octanol–water partition coefficient (Wildman–Crippen LogP) is 3.78. The van der Waals surface area contributed by atoms with Gasteiger partial charge in [0, 0.05) is 18.7 Å². The Balaban J connectivity index is 2.14. The smallest absolute Gasteiger partial charge is 0.295 e. The minimum atomic E-state index is -0.735. The lowest BCUT2D eigenvalue weighted by atomic mass is 9.94. The molecule has 0 saturated carbocycles. The molecule has 7 heteroatoms. The number of ketones is 1. The summed E-state index contributed by atoms with van der Waals surface area (Å²) >= 11 is 0. The van der Waals surface area contributed by atoms with Crippen molar-refractivity contribution in [3.05, 3.63) is 64.7 Å². The van der Waals surface area contributed by atoms with Gasteiger partial charge in [-0.25, -0.2) is 0 Å². The molecule has 1 aliphatic rings. The topological polar surface area (TPSA) is 79.3 Å². The maximum atomic E-state index is 13.2. The number of methoxy groups -OCH3 is 2. The van der Waals surface area contributed by atoms with E-state index in [1.807, 2.05) is 19.1 Å². The Morgan fingerprint density at radius 2 is 1.64 bits per heavy atom. The molecule has 7 nitrogen and oxygen atoms in total. The van der Waals surface area contributed by atoms with Gasteiger partial charge in [0.1, 0.15) is 5.76 Å². The molecule has 1 heterocycles. The van der Waals surface area contributed by atoms with Crippen LogP contribution in [0.15, 0.2) is 48.0 Å². The molecule has 0 aromatic heterocycles. The zero-order chi connectivity index (χ0) is 24.1. The van der Waals surface area contributed by atoms with E-state index in [0.717, 1.165) is 18.7 Å². The molecule has 0 unspecified atom stereocenters. The Labute approximate surface area is 195 Å². The molecule has 1 aliphatic heterocycles. The van der Waals surface area contributed by atoms with Gasteiger partial charge in [0.25, 0.3) is 11.7 Å². The molecule has 3 rings (SSSR count). The molecule has 33 heavy (non-hydrogen) atoms. The Bertz CT molecular complexity index is 1040. The van der Waals surface area contributed by atoms with E-state index in [-0.39, 0.29) is 11.3 Å². The molecular weight excluding hydrogens is 420 g/mol. The van der Waals surface area contributed by atoms with Gasteiger partial charge in [-0.05, 0) is 37.7 Å². The maximum Gasteiger partial charge on any atom is 0.295 e.